The van der Waals surface area contributed by atoms with E-state index in [1.54, 1.807) is 0 Å². The second kappa shape index (κ2) is 4.93. The quantitative estimate of drug-likeness (QED) is 0.852. The van der Waals surface area contributed by atoms with Gasteiger partial charge in [0.1, 0.15) is 0 Å². The molecular weight excluding hydrogens is 220 g/mol. The molecule has 3 rings (SSSR count). The Balaban J connectivity index is 1.94. The van der Waals surface area contributed by atoms with Crippen LogP contribution < -0.4 is 5.32 Å². The number of nitrogens with one attached hydrogen (secondary N) is 1. The zero-order valence-corrected chi connectivity index (χ0v) is 11.6. The molecule has 1 N–H and O–H groups in total. The molecule has 0 amide bonds. The van der Waals surface area contributed by atoms with Crippen molar-refractivity contribution >= 4 is 5.69 Å². The fourth-order valence-corrected chi connectivity index (χ4v) is 3.31. The van der Waals surface area contributed by atoms with Gasteiger partial charge in [-0.25, -0.2) is 0 Å². The van der Waals surface area contributed by atoms with E-state index in [-0.39, 0.29) is 0 Å². The zero-order chi connectivity index (χ0) is 12.5. The highest BCUT2D eigenvalue weighted by atomic mass is 15.2. The van der Waals surface area contributed by atoms with Crippen LogP contribution in [0.4, 0.5) is 5.69 Å². The first kappa shape index (κ1) is 12.0. The van der Waals surface area contributed by atoms with Gasteiger partial charge in [0.05, 0.1) is 0 Å². The van der Waals surface area contributed by atoms with Crippen molar-refractivity contribution in [1.82, 2.24) is 4.90 Å². The Labute approximate surface area is 110 Å². The predicted molar refractivity (Wildman–Crippen MR) is 77.2 cm³/mol. The number of anilines is 1. The molecule has 0 aromatic heterocycles. The molecule has 1 unspecified atom stereocenters. The zero-order valence-electron chi connectivity index (χ0n) is 11.6. The summed E-state index contributed by atoms with van der Waals surface area (Å²) < 4.78 is 0. The summed E-state index contributed by atoms with van der Waals surface area (Å²) in [4.78, 5) is 2.68. The summed E-state index contributed by atoms with van der Waals surface area (Å²) in [6.45, 7) is 8.26. The Morgan fingerprint density at radius 1 is 1.22 bits per heavy atom. The molecule has 2 nitrogen and oxygen atoms in total. The van der Waals surface area contributed by atoms with Crippen LogP contribution in [-0.2, 0) is 0 Å². The number of benzene rings is 1. The van der Waals surface area contributed by atoms with Crippen molar-refractivity contribution in [3.05, 3.63) is 29.3 Å². The van der Waals surface area contributed by atoms with Crippen molar-refractivity contribution in [2.45, 2.75) is 45.1 Å². The maximum absolute atomic E-state index is 3.56. The SMILES string of the molecule is CC(C)c1ccc2c(c1)C(N1CCCC1)CCN2. The highest BCUT2D eigenvalue weighted by Gasteiger charge is 2.27. The van der Waals surface area contributed by atoms with Crippen LogP contribution in [0.1, 0.15) is 56.2 Å². The summed E-state index contributed by atoms with van der Waals surface area (Å²) in [7, 11) is 0. The van der Waals surface area contributed by atoms with Gasteiger partial charge in [0.15, 0.2) is 0 Å². The van der Waals surface area contributed by atoms with Gasteiger partial charge in [0, 0.05) is 18.3 Å². The lowest BCUT2D eigenvalue weighted by Gasteiger charge is -2.34. The summed E-state index contributed by atoms with van der Waals surface area (Å²) in [5.41, 5.74) is 4.37. The third-order valence-electron chi connectivity index (χ3n) is 4.42. The maximum Gasteiger partial charge on any atom is 0.0388 e. The molecule has 0 spiro atoms. The predicted octanol–water partition coefficient (Wildman–Crippen LogP) is 3.76. The number of hydrogen-bond donors (Lipinski definition) is 1. The monoisotopic (exact) mass is 244 g/mol. The molecule has 18 heavy (non-hydrogen) atoms. The number of hydrogen-bond acceptors (Lipinski definition) is 2. The smallest absolute Gasteiger partial charge is 0.0388 e. The van der Waals surface area contributed by atoms with Crippen molar-refractivity contribution in [3.63, 3.8) is 0 Å². The summed E-state index contributed by atoms with van der Waals surface area (Å²) in [6.07, 6.45) is 4.01. The second-order valence-electron chi connectivity index (χ2n) is 5.98. The van der Waals surface area contributed by atoms with E-state index in [1.807, 2.05) is 0 Å². The lowest BCUT2D eigenvalue weighted by Crippen LogP contribution is -2.31. The minimum atomic E-state index is 0.622. The van der Waals surface area contributed by atoms with Crippen LogP contribution in [-0.4, -0.2) is 24.5 Å². The number of nitrogens with zero attached hydrogens (tertiary/aromatic N) is 1. The second-order valence-corrected chi connectivity index (χ2v) is 5.98. The van der Waals surface area contributed by atoms with Crippen LogP contribution in [0.15, 0.2) is 18.2 Å². The molecule has 0 bridgehead atoms. The Kier molecular flexibility index (Phi) is 3.29. The van der Waals surface area contributed by atoms with E-state index in [1.165, 1.54) is 49.2 Å². The van der Waals surface area contributed by atoms with E-state index < -0.39 is 0 Å². The number of rotatable bonds is 2. The molecular formula is C16H24N2. The summed E-state index contributed by atoms with van der Waals surface area (Å²) in [5, 5.41) is 3.56. The molecule has 0 aliphatic carbocycles. The Morgan fingerprint density at radius 2 is 2.00 bits per heavy atom. The highest BCUT2D eigenvalue weighted by molar-refractivity contribution is 5.56. The molecule has 2 aliphatic heterocycles. The summed E-state index contributed by atoms with van der Waals surface area (Å²) >= 11 is 0. The Bertz CT molecular complexity index is 419. The normalized spacial score (nSPS) is 24.1. The number of fused-ring (bicyclic) bond motifs is 1. The first-order valence-corrected chi connectivity index (χ1v) is 7.37. The average molecular weight is 244 g/mol. The van der Waals surface area contributed by atoms with Crippen LogP contribution in [0.5, 0.6) is 0 Å². The van der Waals surface area contributed by atoms with Crippen LogP contribution in [0.2, 0.25) is 0 Å². The minimum Gasteiger partial charge on any atom is -0.385 e. The lowest BCUT2D eigenvalue weighted by atomic mass is 9.92. The molecule has 98 valence electrons. The fraction of sp³-hybridized carbons (Fsp3) is 0.625. The van der Waals surface area contributed by atoms with E-state index in [0.29, 0.717) is 12.0 Å². The molecule has 2 aliphatic rings. The van der Waals surface area contributed by atoms with Crippen molar-refractivity contribution in [1.29, 1.82) is 0 Å². The van der Waals surface area contributed by atoms with Gasteiger partial charge in [-0.1, -0.05) is 26.0 Å². The van der Waals surface area contributed by atoms with Gasteiger partial charge in [-0.3, -0.25) is 4.90 Å². The largest absolute Gasteiger partial charge is 0.385 e. The van der Waals surface area contributed by atoms with Crippen molar-refractivity contribution < 1.29 is 0 Å². The van der Waals surface area contributed by atoms with Gasteiger partial charge in [-0.05, 0) is 55.5 Å². The molecule has 1 fully saturated rings. The Morgan fingerprint density at radius 3 is 2.72 bits per heavy atom. The maximum atomic E-state index is 3.56. The van der Waals surface area contributed by atoms with Crippen molar-refractivity contribution in [2.24, 2.45) is 0 Å². The molecule has 1 saturated heterocycles. The highest BCUT2D eigenvalue weighted by Crippen LogP contribution is 2.37. The first-order chi connectivity index (χ1) is 8.75. The Hall–Kier alpha value is -1.02. The van der Waals surface area contributed by atoms with E-state index in [4.69, 9.17) is 0 Å². The van der Waals surface area contributed by atoms with Gasteiger partial charge >= 0.3 is 0 Å². The van der Waals surface area contributed by atoms with Gasteiger partial charge in [0.2, 0.25) is 0 Å². The van der Waals surface area contributed by atoms with Crippen molar-refractivity contribution in [2.75, 3.05) is 25.0 Å². The number of likely N-dealkylation sites (tertiary alicyclic amines) is 1. The molecule has 2 heteroatoms. The molecule has 1 aromatic rings. The molecule has 2 heterocycles. The summed E-state index contributed by atoms with van der Waals surface area (Å²) in [6, 6.07) is 7.66. The van der Waals surface area contributed by atoms with E-state index in [9.17, 15) is 0 Å². The first-order valence-electron chi connectivity index (χ1n) is 7.37. The lowest BCUT2D eigenvalue weighted by molar-refractivity contribution is 0.234. The van der Waals surface area contributed by atoms with Crippen LogP contribution >= 0.6 is 0 Å². The van der Waals surface area contributed by atoms with E-state index in [0.717, 1.165) is 6.54 Å². The van der Waals surface area contributed by atoms with Crippen LogP contribution in [0, 0.1) is 0 Å². The molecule has 1 aromatic carbocycles. The minimum absolute atomic E-state index is 0.622. The van der Waals surface area contributed by atoms with Crippen LogP contribution in [0.25, 0.3) is 0 Å². The standard InChI is InChI=1S/C16H24N2/c1-12(2)13-5-6-15-14(11-13)16(7-8-17-15)18-9-3-4-10-18/h5-6,11-12,16-17H,3-4,7-10H2,1-2H3. The van der Waals surface area contributed by atoms with Crippen molar-refractivity contribution in [3.8, 4) is 0 Å². The van der Waals surface area contributed by atoms with Gasteiger partial charge in [0.25, 0.3) is 0 Å². The van der Waals surface area contributed by atoms with E-state index >= 15 is 0 Å². The van der Waals surface area contributed by atoms with Gasteiger partial charge in [-0.2, -0.15) is 0 Å². The van der Waals surface area contributed by atoms with E-state index in [2.05, 4.69) is 42.3 Å². The average Bonchev–Trinajstić information content (AvgIpc) is 2.91. The van der Waals surface area contributed by atoms with Gasteiger partial charge in [-0.15, -0.1) is 0 Å². The fourth-order valence-electron chi connectivity index (χ4n) is 3.31. The van der Waals surface area contributed by atoms with Gasteiger partial charge < -0.3 is 5.32 Å². The van der Waals surface area contributed by atoms with Crippen LogP contribution in [0.3, 0.4) is 0 Å². The topological polar surface area (TPSA) is 15.3 Å². The molecule has 0 saturated carbocycles. The third kappa shape index (κ3) is 2.14. The summed E-state index contributed by atoms with van der Waals surface area (Å²) in [5.74, 6) is 0.622. The third-order valence-corrected chi connectivity index (χ3v) is 4.42. The molecule has 0 radical (unpaired) electrons. The molecule has 1 atom stereocenters.